The molecule has 1 nitrogen and oxygen atoms in total. The van der Waals surface area contributed by atoms with Crippen LogP contribution in [-0.2, 0) is 0 Å². The van der Waals surface area contributed by atoms with Crippen LogP contribution in [0.3, 0.4) is 0 Å². The summed E-state index contributed by atoms with van der Waals surface area (Å²) in [5.41, 5.74) is 8.21. The van der Waals surface area contributed by atoms with Crippen molar-refractivity contribution >= 4 is 60.2 Å². The Morgan fingerprint density at radius 3 is 1.70 bits per heavy atom. The molecule has 0 aromatic heterocycles. The Bertz CT molecular complexity index is 2580. The van der Waals surface area contributed by atoms with Crippen molar-refractivity contribution in [2.45, 2.75) is 0 Å². The maximum absolute atomic E-state index is 2.45. The number of fused-ring (bicyclic) bond motifs is 6. The minimum Gasteiger partial charge on any atom is -0.309 e. The van der Waals surface area contributed by atoms with E-state index in [1.54, 1.807) is 0 Å². The molecular formula is C46H31N. The third kappa shape index (κ3) is 4.64. The summed E-state index contributed by atoms with van der Waals surface area (Å²) in [4.78, 5) is 2.45. The summed E-state index contributed by atoms with van der Waals surface area (Å²) < 4.78 is 0. The molecule has 47 heavy (non-hydrogen) atoms. The van der Waals surface area contributed by atoms with Gasteiger partial charge in [0.2, 0.25) is 0 Å². The standard InChI is InChI=1S/C46H31N/c1-2-13-33(14-3-1)40-22-8-9-25-45(40)47(36-19-10-18-35(31-36)39-23-11-17-32-15-4-6-20-37(32)39)46-26-12-24-41-43-28-27-34-16-5-7-21-38(34)42(43)29-30-44(41)46/h1-31H. The van der Waals surface area contributed by atoms with E-state index in [1.165, 1.54) is 65.3 Å². The summed E-state index contributed by atoms with van der Waals surface area (Å²) in [6.45, 7) is 0. The van der Waals surface area contributed by atoms with Crippen molar-refractivity contribution < 1.29 is 0 Å². The van der Waals surface area contributed by atoms with Gasteiger partial charge in [0.15, 0.2) is 0 Å². The SMILES string of the molecule is c1ccc(-c2ccccc2N(c2cccc(-c3cccc4ccccc34)c2)c2cccc3c2ccc2c4ccccc4ccc32)cc1. The van der Waals surface area contributed by atoms with Crippen molar-refractivity contribution in [3.05, 3.63) is 188 Å². The van der Waals surface area contributed by atoms with Gasteiger partial charge in [-0.15, -0.1) is 0 Å². The van der Waals surface area contributed by atoms with Gasteiger partial charge in [-0.05, 0) is 78.7 Å². The molecule has 0 aliphatic carbocycles. The molecule has 0 spiro atoms. The zero-order chi connectivity index (χ0) is 31.2. The highest BCUT2D eigenvalue weighted by Crippen LogP contribution is 2.45. The Balaban J connectivity index is 1.32. The summed E-state index contributed by atoms with van der Waals surface area (Å²) in [7, 11) is 0. The highest BCUT2D eigenvalue weighted by molar-refractivity contribution is 6.19. The molecule has 0 saturated heterocycles. The van der Waals surface area contributed by atoms with Crippen molar-refractivity contribution in [2.75, 3.05) is 4.90 Å². The average molecular weight is 598 g/mol. The average Bonchev–Trinajstić information content (AvgIpc) is 3.15. The van der Waals surface area contributed by atoms with E-state index in [0.717, 1.165) is 17.1 Å². The number of rotatable bonds is 5. The van der Waals surface area contributed by atoms with Crippen LogP contribution in [0.25, 0.3) is 65.3 Å². The summed E-state index contributed by atoms with van der Waals surface area (Å²) in [6.07, 6.45) is 0. The molecule has 0 radical (unpaired) electrons. The zero-order valence-electron chi connectivity index (χ0n) is 25.8. The molecular weight excluding hydrogens is 567 g/mol. The lowest BCUT2D eigenvalue weighted by molar-refractivity contribution is 1.30. The van der Waals surface area contributed by atoms with E-state index in [1.807, 2.05) is 0 Å². The van der Waals surface area contributed by atoms with Gasteiger partial charge >= 0.3 is 0 Å². The molecule has 0 heterocycles. The third-order valence-corrected chi connectivity index (χ3v) is 9.44. The van der Waals surface area contributed by atoms with Crippen LogP contribution in [0.5, 0.6) is 0 Å². The first-order chi connectivity index (χ1) is 23.3. The molecule has 9 rings (SSSR count). The number of benzene rings is 9. The van der Waals surface area contributed by atoms with E-state index >= 15 is 0 Å². The van der Waals surface area contributed by atoms with E-state index in [4.69, 9.17) is 0 Å². The maximum atomic E-state index is 2.45. The highest BCUT2D eigenvalue weighted by Gasteiger charge is 2.20. The smallest absolute Gasteiger partial charge is 0.0540 e. The normalized spacial score (nSPS) is 11.4. The van der Waals surface area contributed by atoms with Crippen LogP contribution in [0, 0.1) is 0 Å². The number of hydrogen-bond acceptors (Lipinski definition) is 1. The summed E-state index contributed by atoms with van der Waals surface area (Å²) >= 11 is 0. The minimum absolute atomic E-state index is 1.12. The molecule has 0 aliphatic heterocycles. The van der Waals surface area contributed by atoms with Crippen molar-refractivity contribution in [3.63, 3.8) is 0 Å². The second-order valence-corrected chi connectivity index (χ2v) is 12.1. The number of hydrogen-bond donors (Lipinski definition) is 0. The maximum Gasteiger partial charge on any atom is 0.0540 e. The van der Waals surface area contributed by atoms with Crippen LogP contribution in [0.15, 0.2) is 188 Å². The van der Waals surface area contributed by atoms with Crippen LogP contribution in [-0.4, -0.2) is 0 Å². The second-order valence-electron chi connectivity index (χ2n) is 12.1. The van der Waals surface area contributed by atoms with Crippen LogP contribution in [0.4, 0.5) is 17.1 Å². The van der Waals surface area contributed by atoms with Crippen molar-refractivity contribution in [2.24, 2.45) is 0 Å². The molecule has 0 atom stereocenters. The Morgan fingerprint density at radius 2 is 0.809 bits per heavy atom. The van der Waals surface area contributed by atoms with Crippen molar-refractivity contribution in [1.82, 2.24) is 0 Å². The molecule has 9 aromatic rings. The quantitative estimate of drug-likeness (QED) is 0.178. The molecule has 0 aliphatic rings. The Kier molecular flexibility index (Phi) is 6.54. The van der Waals surface area contributed by atoms with E-state index in [0.29, 0.717) is 0 Å². The van der Waals surface area contributed by atoms with Gasteiger partial charge in [0.1, 0.15) is 0 Å². The first kappa shape index (κ1) is 27.2. The fourth-order valence-corrected chi connectivity index (χ4v) is 7.26. The molecule has 9 aromatic carbocycles. The molecule has 220 valence electrons. The lowest BCUT2D eigenvalue weighted by Crippen LogP contribution is -2.12. The van der Waals surface area contributed by atoms with Gasteiger partial charge in [0.25, 0.3) is 0 Å². The molecule has 0 saturated carbocycles. The Hall–Kier alpha value is -6.18. The first-order valence-corrected chi connectivity index (χ1v) is 16.2. The van der Waals surface area contributed by atoms with Crippen LogP contribution < -0.4 is 4.90 Å². The lowest BCUT2D eigenvalue weighted by atomic mass is 9.95. The fraction of sp³-hybridized carbons (Fsp3) is 0. The van der Waals surface area contributed by atoms with Gasteiger partial charge in [-0.2, -0.15) is 0 Å². The number of para-hydroxylation sites is 1. The fourth-order valence-electron chi connectivity index (χ4n) is 7.26. The van der Waals surface area contributed by atoms with Gasteiger partial charge in [-0.3, -0.25) is 0 Å². The molecule has 0 unspecified atom stereocenters. The Morgan fingerprint density at radius 1 is 0.277 bits per heavy atom. The predicted molar refractivity (Wildman–Crippen MR) is 202 cm³/mol. The number of anilines is 3. The van der Waals surface area contributed by atoms with Crippen molar-refractivity contribution in [3.8, 4) is 22.3 Å². The lowest BCUT2D eigenvalue weighted by Gasteiger charge is -2.29. The topological polar surface area (TPSA) is 3.24 Å². The monoisotopic (exact) mass is 597 g/mol. The predicted octanol–water partition coefficient (Wildman–Crippen LogP) is 13.1. The van der Waals surface area contributed by atoms with Gasteiger partial charge in [0, 0.05) is 16.6 Å². The summed E-state index contributed by atoms with van der Waals surface area (Å²) in [5.74, 6) is 0. The number of nitrogens with zero attached hydrogens (tertiary/aromatic N) is 1. The largest absolute Gasteiger partial charge is 0.309 e. The van der Waals surface area contributed by atoms with E-state index in [9.17, 15) is 0 Å². The van der Waals surface area contributed by atoms with E-state index < -0.39 is 0 Å². The molecule has 0 bridgehead atoms. The third-order valence-electron chi connectivity index (χ3n) is 9.44. The first-order valence-electron chi connectivity index (χ1n) is 16.2. The van der Waals surface area contributed by atoms with Crippen molar-refractivity contribution in [1.29, 1.82) is 0 Å². The summed E-state index contributed by atoms with van der Waals surface area (Å²) in [5, 5.41) is 10.1. The van der Waals surface area contributed by atoms with Gasteiger partial charge < -0.3 is 4.90 Å². The van der Waals surface area contributed by atoms with Crippen LogP contribution in [0.2, 0.25) is 0 Å². The zero-order valence-corrected chi connectivity index (χ0v) is 25.8. The van der Waals surface area contributed by atoms with Crippen LogP contribution >= 0.6 is 0 Å². The van der Waals surface area contributed by atoms with Gasteiger partial charge in [0.05, 0.1) is 11.4 Å². The van der Waals surface area contributed by atoms with Gasteiger partial charge in [-0.25, -0.2) is 0 Å². The second kappa shape index (κ2) is 11.3. The minimum atomic E-state index is 1.12. The van der Waals surface area contributed by atoms with Gasteiger partial charge in [-0.1, -0.05) is 164 Å². The van der Waals surface area contributed by atoms with E-state index in [-0.39, 0.29) is 0 Å². The molecule has 0 N–H and O–H groups in total. The molecule has 1 heteroatoms. The Labute approximate surface area is 274 Å². The summed E-state index contributed by atoms with van der Waals surface area (Å²) in [6, 6.07) is 68.3. The molecule has 0 amide bonds. The van der Waals surface area contributed by atoms with E-state index in [2.05, 4.69) is 193 Å². The molecule has 0 fully saturated rings. The van der Waals surface area contributed by atoms with Crippen LogP contribution in [0.1, 0.15) is 0 Å². The highest BCUT2D eigenvalue weighted by atomic mass is 15.1.